The fourth-order valence-electron chi connectivity index (χ4n) is 4.64. The molecule has 5 rings (SSSR count). The Morgan fingerprint density at radius 2 is 1.89 bits per heavy atom. The molecule has 1 saturated heterocycles. The molecule has 3 heterocycles. The van der Waals surface area contributed by atoms with E-state index in [1.165, 1.54) is 0 Å². The molecule has 27 heavy (non-hydrogen) atoms. The second-order valence-electron chi connectivity index (χ2n) is 7.21. The third-order valence-electron chi connectivity index (χ3n) is 5.86. The summed E-state index contributed by atoms with van der Waals surface area (Å²) in [6.45, 7) is 3.43. The van der Waals surface area contributed by atoms with E-state index in [-0.39, 0.29) is 11.3 Å². The fourth-order valence-corrected chi connectivity index (χ4v) is 4.64. The summed E-state index contributed by atoms with van der Waals surface area (Å²) < 4.78 is 0. The van der Waals surface area contributed by atoms with Crippen molar-refractivity contribution in [2.45, 2.75) is 25.4 Å². The minimum atomic E-state index is -0.893. The molecular formula is C22H21N3O2. The van der Waals surface area contributed by atoms with Gasteiger partial charge in [0.1, 0.15) is 5.69 Å². The Labute approximate surface area is 157 Å². The Kier molecular flexibility index (Phi) is 3.49. The van der Waals surface area contributed by atoms with Crippen molar-refractivity contribution in [2.24, 2.45) is 0 Å². The molecule has 0 spiro atoms. The SMILES string of the molecule is CCc1cccc2c(=O)c3c([nH]c12)C(=O)N1CCCNC31c1ccccc1. The quantitative estimate of drug-likeness (QED) is 0.739. The highest BCUT2D eigenvalue weighted by atomic mass is 16.2. The van der Waals surface area contributed by atoms with Crippen LogP contribution in [-0.4, -0.2) is 28.9 Å². The van der Waals surface area contributed by atoms with Gasteiger partial charge < -0.3 is 9.88 Å². The number of benzene rings is 2. The number of amides is 1. The van der Waals surface area contributed by atoms with Crippen LogP contribution < -0.4 is 10.7 Å². The van der Waals surface area contributed by atoms with E-state index >= 15 is 0 Å². The Bertz CT molecular complexity index is 1120. The predicted molar refractivity (Wildman–Crippen MR) is 105 cm³/mol. The van der Waals surface area contributed by atoms with Gasteiger partial charge in [0.2, 0.25) is 0 Å². The highest BCUT2D eigenvalue weighted by molar-refractivity contribution is 6.01. The van der Waals surface area contributed by atoms with Crippen LogP contribution in [0.4, 0.5) is 0 Å². The molecule has 2 N–H and O–H groups in total. The van der Waals surface area contributed by atoms with Gasteiger partial charge in [-0.2, -0.15) is 0 Å². The molecule has 1 aromatic heterocycles. The van der Waals surface area contributed by atoms with Gasteiger partial charge in [-0.15, -0.1) is 0 Å². The van der Waals surface area contributed by atoms with E-state index in [1.807, 2.05) is 53.4 Å². The van der Waals surface area contributed by atoms with Crippen molar-refractivity contribution in [3.63, 3.8) is 0 Å². The number of hydrogen-bond acceptors (Lipinski definition) is 3. The smallest absolute Gasteiger partial charge is 0.272 e. The lowest BCUT2D eigenvalue weighted by Crippen LogP contribution is -2.60. The van der Waals surface area contributed by atoms with Crippen molar-refractivity contribution < 1.29 is 4.79 Å². The number of pyridine rings is 1. The second-order valence-corrected chi connectivity index (χ2v) is 7.21. The number of hydrogen-bond donors (Lipinski definition) is 2. The minimum absolute atomic E-state index is 0.0665. The average molecular weight is 359 g/mol. The maximum absolute atomic E-state index is 13.6. The summed E-state index contributed by atoms with van der Waals surface area (Å²) in [5, 5.41) is 4.16. The Morgan fingerprint density at radius 3 is 2.67 bits per heavy atom. The first-order valence-electron chi connectivity index (χ1n) is 9.49. The predicted octanol–water partition coefficient (Wildman–Crippen LogP) is 2.74. The number of aryl methyl sites for hydroxylation is 1. The summed E-state index contributed by atoms with van der Waals surface area (Å²) in [6, 6.07) is 15.6. The number of para-hydroxylation sites is 1. The van der Waals surface area contributed by atoms with E-state index in [0.717, 1.165) is 36.0 Å². The molecule has 3 aromatic rings. The summed E-state index contributed by atoms with van der Waals surface area (Å²) in [5.74, 6) is -0.106. The largest absolute Gasteiger partial charge is 0.350 e. The van der Waals surface area contributed by atoms with Crippen LogP contribution in [-0.2, 0) is 12.1 Å². The Morgan fingerprint density at radius 1 is 1.07 bits per heavy atom. The zero-order valence-electron chi connectivity index (χ0n) is 15.2. The molecule has 0 saturated carbocycles. The van der Waals surface area contributed by atoms with Crippen molar-refractivity contribution >= 4 is 16.8 Å². The number of carbonyl (C=O) groups excluding carboxylic acids is 1. The molecule has 2 aromatic carbocycles. The molecule has 2 aliphatic heterocycles. The third-order valence-corrected chi connectivity index (χ3v) is 5.86. The molecule has 0 radical (unpaired) electrons. The summed E-state index contributed by atoms with van der Waals surface area (Å²) in [6.07, 6.45) is 1.66. The van der Waals surface area contributed by atoms with Gasteiger partial charge in [-0.3, -0.25) is 14.9 Å². The van der Waals surface area contributed by atoms with Crippen LogP contribution in [0.15, 0.2) is 53.3 Å². The van der Waals surface area contributed by atoms with Crippen molar-refractivity contribution in [2.75, 3.05) is 13.1 Å². The van der Waals surface area contributed by atoms with Gasteiger partial charge in [0.05, 0.1) is 11.1 Å². The number of H-pyrrole nitrogens is 1. The molecule has 1 amide bonds. The molecule has 5 nitrogen and oxygen atoms in total. The molecule has 2 aliphatic rings. The molecule has 0 bridgehead atoms. The van der Waals surface area contributed by atoms with E-state index in [1.54, 1.807) is 0 Å². The van der Waals surface area contributed by atoms with Crippen LogP contribution in [0.25, 0.3) is 10.9 Å². The van der Waals surface area contributed by atoms with Crippen LogP contribution in [0.5, 0.6) is 0 Å². The van der Waals surface area contributed by atoms with E-state index in [9.17, 15) is 9.59 Å². The van der Waals surface area contributed by atoms with E-state index in [2.05, 4.69) is 17.2 Å². The Hall–Kier alpha value is -2.92. The summed E-state index contributed by atoms with van der Waals surface area (Å²) in [7, 11) is 0. The lowest BCUT2D eigenvalue weighted by molar-refractivity contribution is 0.0453. The highest BCUT2D eigenvalue weighted by Crippen LogP contribution is 2.42. The number of nitrogens with one attached hydrogen (secondary N) is 2. The third kappa shape index (κ3) is 2.03. The topological polar surface area (TPSA) is 65.2 Å². The van der Waals surface area contributed by atoms with Crippen LogP contribution in [0, 0.1) is 0 Å². The van der Waals surface area contributed by atoms with Gasteiger partial charge in [0.25, 0.3) is 5.91 Å². The summed E-state index contributed by atoms with van der Waals surface area (Å²) in [5.41, 5.74) is 2.74. The van der Waals surface area contributed by atoms with Gasteiger partial charge in [-0.05, 0) is 36.6 Å². The normalized spacial score (nSPS) is 21.4. The maximum atomic E-state index is 13.6. The first-order valence-corrected chi connectivity index (χ1v) is 9.49. The number of rotatable bonds is 2. The number of aromatic nitrogens is 1. The van der Waals surface area contributed by atoms with Crippen molar-refractivity contribution in [3.8, 4) is 0 Å². The number of aromatic amines is 1. The van der Waals surface area contributed by atoms with Crippen LogP contribution >= 0.6 is 0 Å². The molecular weight excluding hydrogens is 338 g/mol. The molecule has 0 aliphatic carbocycles. The highest BCUT2D eigenvalue weighted by Gasteiger charge is 2.54. The zero-order chi connectivity index (χ0) is 18.6. The Balaban J connectivity index is 1.91. The first-order chi connectivity index (χ1) is 13.2. The number of nitrogens with zero attached hydrogens (tertiary/aromatic N) is 1. The standard InChI is InChI=1S/C22H21N3O2/c1-2-14-8-6-11-16-18(14)24-19-17(20(16)26)22(15-9-4-3-5-10-15)23-12-7-13-25(22)21(19)27/h3-6,8-11,23H,2,7,12-13H2,1H3,(H,24,26). The van der Waals surface area contributed by atoms with Gasteiger partial charge >= 0.3 is 0 Å². The first kappa shape index (κ1) is 16.3. The number of carbonyl (C=O) groups is 1. The molecule has 1 unspecified atom stereocenters. The minimum Gasteiger partial charge on any atom is -0.350 e. The second kappa shape index (κ2) is 5.79. The zero-order valence-corrected chi connectivity index (χ0v) is 15.2. The lowest BCUT2D eigenvalue weighted by Gasteiger charge is -2.43. The maximum Gasteiger partial charge on any atom is 0.272 e. The average Bonchev–Trinajstić information content (AvgIpc) is 2.98. The van der Waals surface area contributed by atoms with Crippen LogP contribution in [0.1, 0.15) is 40.5 Å². The molecule has 5 heteroatoms. The van der Waals surface area contributed by atoms with Crippen LogP contribution in [0.2, 0.25) is 0 Å². The van der Waals surface area contributed by atoms with Crippen LogP contribution in [0.3, 0.4) is 0 Å². The molecule has 1 atom stereocenters. The van der Waals surface area contributed by atoms with Crippen molar-refractivity contribution in [1.29, 1.82) is 0 Å². The van der Waals surface area contributed by atoms with E-state index in [0.29, 0.717) is 23.2 Å². The molecule has 136 valence electrons. The van der Waals surface area contributed by atoms with E-state index in [4.69, 9.17) is 0 Å². The van der Waals surface area contributed by atoms with Gasteiger partial charge in [-0.1, -0.05) is 49.4 Å². The number of fused-ring (bicyclic) bond motifs is 4. The van der Waals surface area contributed by atoms with Gasteiger partial charge in [0, 0.05) is 11.9 Å². The summed E-state index contributed by atoms with van der Waals surface area (Å²) >= 11 is 0. The summed E-state index contributed by atoms with van der Waals surface area (Å²) in [4.78, 5) is 32.1. The van der Waals surface area contributed by atoms with Gasteiger partial charge in [0.15, 0.2) is 11.1 Å². The lowest BCUT2D eigenvalue weighted by atomic mass is 9.89. The molecule has 1 fully saturated rings. The monoisotopic (exact) mass is 359 g/mol. The van der Waals surface area contributed by atoms with Gasteiger partial charge in [-0.25, -0.2) is 0 Å². The van der Waals surface area contributed by atoms with Crippen molar-refractivity contribution in [3.05, 3.63) is 81.1 Å². The fraction of sp³-hybridized carbons (Fsp3) is 0.273. The van der Waals surface area contributed by atoms with E-state index < -0.39 is 5.66 Å². The van der Waals surface area contributed by atoms with Crippen molar-refractivity contribution in [1.82, 2.24) is 15.2 Å².